The number of hydrogen-bond acceptors (Lipinski definition) is 2. The van der Waals surface area contributed by atoms with Gasteiger partial charge < -0.3 is 5.32 Å². The molecule has 0 aromatic heterocycles. The van der Waals surface area contributed by atoms with Gasteiger partial charge in [0.15, 0.2) is 0 Å². The Balaban J connectivity index is 1.70. The Kier molecular flexibility index (Phi) is 3.35. The smallest absolute Gasteiger partial charge is 0.123 e. The molecule has 18 heavy (non-hydrogen) atoms. The largest absolute Gasteiger partial charge is 0.312 e. The van der Waals surface area contributed by atoms with E-state index in [1.165, 1.54) is 31.5 Å². The van der Waals surface area contributed by atoms with Crippen molar-refractivity contribution in [2.24, 2.45) is 5.92 Å². The van der Waals surface area contributed by atoms with E-state index in [9.17, 15) is 4.39 Å². The first-order valence-electron chi connectivity index (χ1n) is 6.97. The Morgan fingerprint density at radius 1 is 1.28 bits per heavy atom. The summed E-state index contributed by atoms with van der Waals surface area (Å²) in [6, 6.07) is 8.00. The van der Waals surface area contributed by atoms with E-state index in [4.69, 9.17) is 0 Å². The molecule has 3 atom stereocenters. The number of rotatable bonds is 2. The molecule has 2 aliphatic rings. The first-order chi connectivity index (χ1) is 8.74. The molecule has 3 heteroatoms. The van der Waals surface area contributed by atoms with Crippen LogP contribution in [0, 0.1) is 11.7 Å². The predicted molar refractivity (Wildman–Crippen MR) is 70.9 cm³/mol. The van der Waals surface area contributed by atoms with Crippen LogP contribution in [0.2, 0.25) is 0 Å². The van der Waals surface area contributed by atoms with Gasteiger partial charge in [-0.05, 0) is 49.9 Å². The van der Waals surface area contributed by atoms with Crippen molar-refractivity contribution in [3.8, 4) is 0 Å². The predicted octanol–water partition coefficient (Wildman–Crippen LogP) is 2.57. The molecular formula is C15H21FN2. The van der Waals surface area contributed by atoms with Crippen LogP contribution >= 0.6 is 0 Å². The third-order valence-corrected chi connectivity index (χ3v) is 4.53. The van der Waals surface area contributed by atoms with Crippen LogP contribution in [-0.4, -0.2) is 30.6 Å². The zero-order valence-corrected chi connectivity index (χ0v) is 10.9. The SMILES string of the molecule is CC(c1ccc(F)cc1)N1CC2CCCNC2C1. The average molecular weight is 248 g/mol. The molecule has 2 nitrogen and oxygen atoms in total. The van der Waals surface area contributed by atoms with Crippen LogP contribution in [0.4, 0.5) is 4.39 Å². The Hall–Kier alpha value is -0.930. The van der Waals surface area contributed by atoms with E-state index in [1.54, 1.807) is 12.1 Å². The number of benzene rings is 1. The summed E-state index contributed by atoms with van der Waals surface area (Å²) in [5.41, 5.74) is 1.22. The Bertz CT molecular complexity index is 389. The molecule has 2 aliphatic heterocycles. The number of nitrogens with one attached hydrogen (secondary N) is 1. The number of halogens is 1. The summed E-state index contributed by atoms with van der Waals surface area (Å²) in [5.74, 6) is 0.657. The van der Waals surface area contributed by atoms with E-state index >= 15 is 0 Å². The first kappa shape index (κ1) is 12.1. The monoisotopic (exact) mass is 248 g/mol. The minimum absolute atomic E-state index is 0.150. The van der Waals surface area contributed by atoms with Gasteiger partial charge in [0.1, 0.15) is 5.82 Å². The number of piperidine rings is 1. The van der Waals surface area contributed by atoms with Crippen LogP contribution < -0.4 is 5.32 Å². The molecule has 0 spiro atoms. The third kappa shape index (κ3) is 2.29. The highest BCUT2D eigenvalue weighted by Gasteiger charge is 2.36. The average Bonchev–Trinajstić information content (AvgIpc) is 2.82. The highest BCUT2D eigenvalue weighted by atomic mass is 19.1. The van der Waals surface area contributed by atoms with Gasteiger partial charge in [0.05, 0.1) is 0 Å². The van der Waals surface area contributed by atoms with Gasteiger partial charge in [-0.2, -0.15) is 0 Å². The Morgan fingerprint density at radius 3 is 2.78 bits per heavy atom. The number of fused-ring (bicyclic) bond motifs is 1. The molecule has 1 aromatic carbocycles. The molecule has 2 fully saturated rings. The second kappa shape index (κ2) is 4.98. The van der Waals surface area contributed by atoms with Gasteiger partial charge in [-0.25, -0.2) is 4.39 Å². The molecular weight excluding hydrogens is 227 g/mol. The maximum atomic E-state index is 12.9. The van der Waals surface area contributed by atoms with E-state index < -0.39 is 0 Å². The van der Waals surface area contributed by atoms with Gasteiger partial charge in [-0.15, -0.1) is 0 Å². The zero-order chi connectivity index (χ0) is 12.5. The van der Waals surface area contributed by atoms with Crippen molar-refractivity contribution in [3.63, 3.8) is 0 Å². The van der Waals surface area contributed by atoms with Crippen molar-refractivity contribution < 1.29 is 4.39 Å². The molecule has 3 rings (SSSR count). The fraction of sp³-hybridized carbons (Fsp3) is 0.600. The molecule has 0 saturated carbocycles. The number of nitrogens with zero attached hydrogens (tertiary/aromatic N) is 1. The van der Waals surface area contributed by atoms with Crippen molar-refractivity contribution >= 4 is 0 Å². The van der Waals surface area contributed by atoms with E-state index in [-0.39, 0.29) is 5.82 Å². The summed E-state index contributed by atoms with van der Waals surface area (Å²) in [6.07, 6.45) is 2.66. The minimum atomic E-state index is -0.150. The lowest BCUT2D eigenvalue weighted by atomic mass is 9.94. The normalized spacial score (nSPS) is 30.1. The van der Waals surface area contributed by atoms with Gasteiger partial charge in [0.25, 0.3) is 0 Å². The fourth-order valence-electron chi connectivity index (χ4n) is 3.35. The summed E-state index contributed by atoms with van der Waals surface area (Å²) in [7, 11) is 0. The Morgan fingerprint density at radius 2 is 2.06 bits per heavy atom. The molecule has 0 amide bonds. The molecule has 0 bridgehead atoms. The lowest BCUT2D eigenvalue weighted by Gasteiger charge is -2.25. The Labute approximate surface area is 108 Å². The van der Waals surface area contributed by atoms with Crippen LogP contribution in [0.3, 0.4) is 0 Å². The molecule has 1 N–H and O–H groups in total. The van der Waals surface area contributed by atoms with Gasteiger partial charge in [0, 0.05) is 25.2 Å². The van der Waals surface area contributed by atoms with Gasteiger partial charge >= 0.3 is 0 Å². The fourth-order valence-corrected chi connectivity index (χ4v) is 3.35. The van der Waals surface area contributed by atoms with Gasteiger partial charge in [-0.3, -0.25) is 4.90 Å². The summed E-state index contributed by atoms with van der Waals surface area (Å²) < 4.78 is 12.9. The summed E-state index contributed by atoms with van der Waals surface area (Å²) in [5, 5.41) is 3.62. The lowest BCUT2D eigenvalue weighted by Crippen LogP contribution is -2.40. The van der Waals surface area contributed by atoms with Crippen LogP contribution in [0.15, 0.2) is 24.3 Å². The summed E-state index contributed by atoms with van der Waals surface area (Å²) in [4.78, 5) is 2.53. The molecule has 2 saturated heterocycles. The summed E-state index contributed by atoms with van der Waals surface area (Å²) >= 11 is 0. The quantitative estimate of drug-likeness (QED) is 0.865. The maximum absolute atomic E-state index is 12.9. The van der Waals surface area contributed by atoms with Crippen LogP contribution in [0.5, 0.6) is 0 Å². The third-order valence-electron chi connectivity index (χ3n) is 4.53. The van der Waals surface area contributed by atoms with E-state index in [2.05, 4.69) is 17.1 Å². The topological polar surface area (TPSA) is 15.3 Å². The van der Waals surface area contributed by atoms with Crippen molar-refractivity contribution in [2.45, 2.75) is 31.8 Å². The van der Waals surface area contributed by atoms with E-state index in [1.807, 2.05) is 12.1 Å². The second-order valence-electron chi connectivity index (χ2n) is 5.64. The molecule has 0 aliphatic carbocycles. The second-order valence-corrected chi connectivity index (χ2v) is 5.64. The zero-order valence-electron chi connectivity index (χ0n) is 10.9. The van der Waals surface area contributed by atoms with Crippen LogP contribution in [-0.2, 0) is 0 Å². The minimum Gasteiger partial charge on any atom is -0.312 e. The molecule has 2 heterocycles. The van der Waals surface area contributed by atoms with Crippen molar-refractivity contribution in [2.75, 3.05) is 19.6 Å². The van der Waals surface area contributed by atoms with Crippen LogP contribution in [0.1, 0.15) is 31.4 Å². The number of likely N-dealkylation sites (tertiary alicyclic amines) is 1. The molecule has 1 aromatic rings. The van der Waals surface area contributed by atoms with Gasteiger partial charge in [-0.1, -0.05) is 12.1 Å². The highest BCUT2D eigenvalue weighted by Crippen LogP contribution is 2.31. The summed E-state index contributed by atoms with van der Waals surface area (Å²) in [6.45, 7) is 5.70. The molecule has 0 radical (unpaired) electrons. The highest BCUT2D eigenvalue weighted by molar-refractivity contribution is 5.20. The van der Waals surface area contributed by atoms with Crippen molar-refractivity contribution in [1.82, 2.24) is 10.2 Å². The molecule has 3 unspecified atom stereocenters. The van der Waals surface area contributed by atoms with Crippen molar-refractivity contribution in [3.05, 3.63) is 35.6 Å². The van der Waals surface area contributed by atoms with Crippen molar-refractivity contribution in [1.29, 1.82) is 0 Å². The maximum Gasteiger partial charge on any atom is 0.123 e. The number of hydrogen-bond donors (Lipinski definition) is 1. The molecule has 98 valence electrons. The van der Waals surface area contributed by atoms with Crippen LogP contribution in [0.25, 0.3) is 0 Å². The van der Waals surface area contributed by atoms with E-state index in [0.29, 0.717) is 12.1 Å². The van der Waals surface area contributed by atoms with Gasteiger partial charge in [0.2, 0.25) is 0 Å². The lowest BCUT2D eigenvalue weighted by molar-refractivity contribution is 0.250. The van der Waals surface area contributed by atoms with E-state index in [0.717, 1.165) is 12.5 Å². The first-order valence-corrected chi connectivity index (χ1v) is 6.97. The standard InChI is InChI=1S/C15H21FN2/c1-11(12-4-6-14(16)7-5-12)18-9-13-3-2-8-17-15(13)10-18/h4-7,11,13,15,17H,2-3,8-10H2,1H3.